The third kappa shape index (κ3) is 8.57. The van der Waals surface area contributed by atoms with Crippen molar-refractivity contribution in [1.82, 2.24) is 0 Å². The predicted molar refractivity (Wildman–Crippen MR) is 158 cm³/mol. The Labute approximate surface area is 229 Å². The van der Waals surface area contributed by atoms with Crippen molar-refractivity contribution in [1.29, 1.82) is 0 Å². The van der Waals surface area contributed by atoms with E-state index in [1.165, 1.54) is 11.1 Å². The number of benzene rings is 3. The number of rotatable bonds is 11. The van der Waals surface area contributed by atoms with E-state index < -0.39 is 0 Å². The topological polar surface area (TPSA) is 35.5 Å². The van der Waals surface area contributed by atoms with Gasteiger partial charge >= 0.3 is 0 Å². The smallest absolute Gasteiger partial charge is 0.186 e. The third-order valence-electron chi connectivity index (χ3n) is 6.22. The molecule has 0 radical (unpaired) electrons. The fraction of sp³-hybridized carbons (Fsp3) is 0.364. The molecular weight excluding hydrogens is 472 g/mol. The highest BCUT2D eigenvalue weighted by molar-refractivity contribution is 6.08. The molecule has 5 heteroatoms. The van der Waals surface area contributed by atoms with Gasteiger partial charge in [0, 0.05) is 16.7 Å². The Kier molecular flexibility index (Phi) is 9.18. The van der Waals surface area contributed by atoms with Crippen LogP contribution in [0.25, 0.3) is 17.2 Å². The van der Waals surface area contributed by atoms with Crippen molar-refractivity contribution >= 4 is 11.9 Å². The number of hydrogen-bond acceptors (Lipinski definition) is 3. The third-order valence-corrected chi connectivity index (χ3v) is 6.22. The fourth-order valence-corrected chi connectivity index (χ4v) is 4.40. The Morgan fingerprint density at radius 3 is 2.11 bits per heavy atom. The largest absolute Gasteiger partial charge is 0.497 e. The van der Waals surface area contributed by atoms with Crippen molar-refractivity contribution in [2.24, 2.45) is 0 Å². The zero-order chi connectivity index (χ0) is 28.1. The molecule has 3 aromatic carbocycles. The molecule has 5 nitrogen and oxygen atoms in total. The summed E-state index contributed by atoms with van der Waals surface area (Å²) >= 11 is 0. The van der Waals surface area contributed by atoms with E-state index in [-0.39, 0.29) is 5.78 Å². The van der Waals surface area contributed by atoms with Gasteiger partial charge in [-0.05, 0) is 67.5 Å². The Morgan fingerprint density at radius 1 is 0.816 bits per heavy atom. The monoisotopic (exact) mass is 516 g/mol. The summed E-state index contributed by atoms with van der Waals surface area (Å²) in [4.78, 5) is 13.4. The molecule has 202 valence electrons. The van der Waals surface area contributed by atoms with Crippen LogP contribution in [0.3, 0.4) is 0 Å². The lowest BCUT2D eigenvalue weighted by molar-refractivity contribution is -0.884. The van der Waals surface area contributed by atoms with Gasteiger partial charge in [-0.15, -0.1) is 0 Å². The van der Waals surface area contributed by atoms with E-state index in [1.807, 2.05) is 30.3 Å². The first kappa shape index (κ1) is 29.2. The Hall–Kier alpha value is -3.41. The molecule has 0 atom stereocenters. The van der Waals surface area contributed by atoms with Crippen LogP contribution in [0, 0.1) is 13.8 Å². The number of carbonyl (C=O) groups excluding carboxylic acids is 1. The minimum atomic E-state index is -0.0368. The highest BCUT2D eigenvalue weighted by atomic mass is 16.5. The van der Waals surface area contributed by atoms with Crippen LogP contribution >= 0.6 is 0 Å². The molecule has 0 saturated carbocycles. The molecule has 0 spiro atoms. The predicted octanol–water partition coefficient (Wildman–Crippen LogP) is 6.17. The molecule has 0 unspecified atom stereocenters. The molecule has 0 aliphatic heterocycles. The van der Waals surface area contributed by atoms with Crippen molar-refractivity contribution in [3.8, 4) is 22.6 Å². The van der Waals surface area contributed by atoms with Gasteiger partial charge in [-0.3, -0.25) is 4.79 Å². The first-order valence-corrected chi connectivity index (χ1v) is 13.1. The number of ether oxygens (including phenoxy) is 2. The minimum Gasteiger partial charge on any atom is -0.497 e. The number of methoxy groups -OCH3 is 1. The van der Waals surface area contributed by atoms with Gasteiger partial charge in [0.15, 0.2) is 5.78 Å². The van der Waals surface area contributed by atoms with E-state index in [4.69, 9.17) is 9.47 Å². The molecule has 3 rings (SSSR count). The van der Waals surface area contributed by atoms with E-state index in [0.29, 0.717) is 23.2 Å². The first-order chi connectivity index (χ1) is 17.7. The second-order valence-corrected chi connectivity index (χ2v) is 12.2. The molecule has 0 fully saturated rings. The standard InChI is InChI=1S/C33H44N2O3/c1-24-18-25(2)20-28(19-24)26-11-15-33(38-17-16-34(3,4)5)27(21-26)10-14-32(36)31-13-12-30(37-9)22-29(31)23-35(6,7)8/h10-15,18-22H,16-17,23H2,1-9H3/q+2/b14-10+. The van der Waals surface area contributed by atoms with Crippen molar-refractivity contribution < 1.29 is 23.2 Å². The van der Waals surface area contributed by atoms with Gasteiger partial charge in [-0.25, -0.2) is 0 Å². The number of hydrogen-bond donors (Lipinski definition) is 0. The van der Waals surface area contributed by atoms with E-state index in [9.17, 15) is 4.79 Å². The van der Waals surface area contributed by atoms with Gasteiger partial charge in [-0.1, -0.05) is 35.4 Å². The molecule has 0 N–H and O–H groups in total. The molecule has 0 bridgehead atoms. The van der Waals surface area contributed by atoms with Gasteiger partial charge in [-0.2, -0.15) is 0 Å². The second-order valence-electron chi connectivity index (χ2n) is 12.2. The Morgan fingerprint density at radius 2 is 1.50 bits per heavy atom. The Bertz CT molecular complexity index is 1290. The van der Waals surface area contributed by atoms with Crippen molar-refractivity contribution in [3.05, 3.63) is 88.5 Å². The molecule has 0 aliphatic carbocycles. The summed E-state index contributed by atoms with van der Waals surface area (Å²) < 4.78 is 13.2. The number of likely N-dealkylation sites (N-methyl/N-ethyl adjacent to an activating group) is 1. The van der Waals surface area contributed by atoms with Crippen molar-refractivity contribution in [2.75, 3.05) is 62.5 Å². The molecule has 0 saturated heterocycles. The van der Waals surface area contributed by atoms with Crippen LogP contribution in [-0.2, 0) is 6.54 Å². The van der Waals surface area contributed by atoms with Gasteiger partial charge < -0.3 is 18.4 Å². The van der Waals surface area contributed by atoms with Crippen LogP contribution in [0.2, 0.25) is 0 Å². The van der Waals surface area contributed by atoms with E-state index in [2.05, 4.69) is 86.5 Å². The summed E-state index contributed by atoms with van der Waals surface area (Å²) in [6.45, 7) is 6.41. The lowest BCUT2D eigenvalue weighted by atomic mass is 9.97. The molecule has 0 heterocycles. The van der Waals surface area contributed by atoms with Gasteiger partial charge in [0.2, 0.25) is 0 Å². The highest BCUT2D eigenvalue weighted by Gasteiger charge is 2.17. The first-order valence-electron chi connectivity index (χ1n) is 13.1. The second kappa shape index (κ2) is 12.0. The summed E-state index contributed by atoms with van der Waals surface area (Å²) in [5.74, 6) is 1.49. The molecular formula is C33H44N2O3+2. The van der Waals surface area contributed by atoms with E-state index >= 15 is 0 Å². The van der Waals surface area contributed by atoms with Gasteiger partial charge in [0.1, 0.15) is 31.2 Å². The highest BCUT2D eigenvalue weighted by Crippen LogP contribution is 2.30. The fourth-order valence-electron chi connectivity index (χ4n) is 4.40. The SMILES string of the molecule is COc1ccc(C(=O)/C=C/c2cc(-c3cc(C)cc(C)c3)ccc2OCC[N+](C)(C)C)c(C[N+](C)(C)C)c1. The zero-order valence-corrected chi connectivity index (χ0v) is 24.6. The van der Waals surface area contributed by atoms with Crippen molar-refractivity contribution in [3.63, 3.8) is 0 Å². The lowest BCUT2D eigenvalue weighted by Gasteiger charge is -2.25. The average Bonchev–Trinajstić information content (AvgIpc) is 2.80. The van der Waals surface area contributed by atoms with Crippen LogP contribution in [0.15, 0.2) is 60.7 Å². The Balaban J connectivity index is 1.99. The van der Waals surface area contributed by atoms with Crippen LogP contribution < -0.4 is 9.47 Å². The zero-order valence-electron chi connectivity index (χ0n) is 24.6. The summed E-state index contributed by atoms with van der Waals surface area (Å²) in [5.41, 5.74) is 7.24. The van der Waals surface area contributed by atoms with E-state index in [1.54, 1.807) is 13.2 Å². The van der Waals surface area contributed by atoms with E-state index in [0.717, 1.165) is 44.8 Å². The summed E-state index contributed by atoms with van der Waals surface area (Å²) in [6.07, 6.45) is 3.55. The number of nitrogens with zero attached hydrogens (tertiary/aromatic N) is 2. The number of ketones is 1. The summed E-state index contributed by atoms with van der Waals surface area (Å²) in [6, 6.07) is 18.4. The molecule has 0 amide bonds. The van der Waals surface area contributed by atoms with Gasteiger partial charge in [0.05, 0.1) is 49.4 Å². The molecule has 3 aromatic rings. The van der Waals surface area contributed by atoms with Crippen LogP contribution in [0.5, 0.6) is 11.5 Å². The molecule has 0 aliphatic rings. The molecule has 0 aromatic heterocycles. The van der Waals surface area contributed by atoms with Crippen molar-refractivity contribution in [2.45, 2.75) is 20.4 Å². The maximum atomic E-state index is 13.4. The minimum absolute atomic E-state index is 0.0368. The average molecular weight is 517 g/mol. The number of aryl methyl sites for hydroxylation is 2. The number of allylic oxidation sites excluding steroid dienone is 1. The van der Waals surface area contributed by atoms with Gasteiger partial charge in [0.25, 0.3) is 0 Å². The van der Waals surface area contributed by atoms with Crippen LogP contribution in [0.4, 0.5) is 0 Å². The van der Waals surface area contributed by atoms with Crippen LogP contribution in [0.1, 0.15) is 32.6 Å². The lowest BCUT2D eigenvalue weighted by Crippen LogP contribution is -2.38. The van der Waals surface area contributed by atoms with Crippen LogP contribution in [-0.4, -0.2) is 77.3 Å². The normalized spacial score (nSPS) is 12.1. The quantitative estimate of drug-likeness (QED) is 0.174. The number of carbonyl (C=O) groups is 1. The summed E-state index contributed by atoms with van der Waals surface area (Å²) in [7, 11) is 14.4. The maximum absolute atomic E-state index is 13.4. The summed E-state index contributed by atoms with van der Waals surface area (Å²) in [5, 5.41) is 0. The number of quaternary nitrogens is 2. The molecule has 38 heavy (non-hydrogen) atoms. The maximum Gasteiger partial charge on any atom is 0.186 e.